The van der Waals surface area contributed by atoms with Gasteiger partial charge in [-0.05, 0) is 29.8 Å². The molecule has 2 aliphatic heterocycles. The summed E-state index contributed by atoms with van der Waals surface area (Å²) in [6.07, 6.45) is 1.74. The summed E-state index contributed by atoms with van der Waals surface area (Å²) >= 11 is 6.18. The van der Waals surface area contributed by atoms with Crippen LogP contribution in [0.1, 0.15) is 18.4 Å². The molecule has 0 radical (unpaired) electrons. The first kappa shape index (κ1) is 20.8. The predicted molar refractivity (Wildman–Crippen MR) is 128 cm³/mol. The number of fused-ring (bicyclic) bond motifs is 1. The van der Waals surface area contributed by atoms with Gasteiger partial charge >= 0.3 is 0 Å². The normalized spacial score (nSPS) is 18.5. The Hall–Kier alpha value is -2.44. The number of hydrogen-bond donors (Lipinski definition) is 2. The van der Waals surface area contributed by atoms with Crippen LogP contribution in [0.25, 0.3) is 0 Å². The van der Waals surface area contributed by atoms with Gasteiger partial charge in [-0.15, -0.1) is 0 Å². The zero-order chi connectivity index (χ0) is 21.3. The molecule has 0 saturated carbocycles. The summed E-state index contributed by atoms with van der Waals surface area (Å²) in [6.45, 7) is 2.00. The van der Waals surface area contributed by atoms with E-state index in [1.165, 1.54) is 0 Å². The zero-order valence-electron chi connectivity index (χ0n) is 18.1. The van der Waals surface area contributed by atoms with Crippen molar-refractivity contribution < 1.29 is 4.74 Å². The summed E-state index contributed by atoms with van der Waals surface area (Å²) in [4.78, 5) is 9.32. The zero-order valence-corrected chi connectivity index (χ0v) is 18.9. The van der Waals surface area contributed by atoms with E-state index in [9.17, 15) is 0 Å². The van der Waals surface area contributed by atoms with E-state index in [1.807, 2.05) is 18.2 Å². The number of halogens is 1. The number of anilines is 4. The number of rotatable bonds is 4. The van der Waals surface area contributed by atoms with Crippen molar-refractivity contribution in [2.75, 3.05) is 61.8 Å². The summed E-state index contributed by atoms with van der Waals surface area (Å²) in [5, 5.41) is 8.34. The molecule has 0 aliphatic carbocycles. The van der Waals surface area contributed by atoms with Gasteiger partial charge in [0.2, 0.25) is 0 Å². The third-order valence-corrected chi connectivity index (χ3v) is 6.08. The lowest BCUT2D eigenvalue weighted by atomic mass is 9.85. The van der Waals surface area contributed by atoms with Crippen molar-refractivity contribution in [3.63, 3.8) is 0 Å². The molecule has 0 atom stereocenters. The topological polar surface area (TPSA) is 52.1 Å². The third-order valence-electron chi connectivity index (χ3n) is 5.84. The van der Waals surface area contributed by atoms with Crippen molar-refractivity contribution in [2.45, 2.75) is 24.9 Å². The van der Waals surface area contributed by atoms with Gasteiger partial charge in [0.1, 0.15) is 5.84 Å². The van der Waals surface area contributed by atoms with Gasteiger partial charge in [0, 0.05) is 59.3 Å². The first-order valence-corrected chi connectivity index (χ1v) is 10.7. The van der Waals surface area contributed by atoms with Crippen LogP contribution in [0.2, 0.25) is 5.02 Å². The minimum absolute atomic E-state index is 0.264. The number of hydrogen-bond acceptors (Lipinski definition) is 5. The molecule has 2 N–H and O–H groups in total. The van der Waals surface area contributed by atoms with E-state index in [2.05, 4.69) is 66.8 Å². The highest BCUT2D eigenvalue weighted by Crippen LogP contribution is 2.46. The van der Waals surface area contributed by atoms with E-state index in [0.29, 0.717) is 19.8 Å². The summed E-state index contributed by atoms with van der Waals surface area (Å²) in [5.74, 6) is 0.970. The van der Waals surface area contributed by atoms with Crippen LogP contribution in [-0.2, 0) is 11.3 Å². The lowest BCUT2D eigenvalue weighted by Crippen LogP contribution is -2.56. The number of ether oxygens (including phenoxy) is 1. The van der Waals surface area contributed by atoms with Crippen LogP contribution in [0.4, 0.5) is 22.7 Å². The first-order chi connectivity index (χ1) is 14.4. The Bertz CT molecular complexity index is 951. The van der Waals surface area contributed by atoms with Crippen molar-refractivity contribution in [1.29, 1.82) is 0 Å². The molecule has 0 amide bonds. The molecule has 1 saturated heterocycles. The highest BCUT2D eigenvalue weighted by molar-refractivity contribution is 6.30. The van der Waals surface area contributed by atoms with E-state index in [4.69, 9.17) is 21.3 Å². The van der Waals surface area contributed by atoms with Crippen LogP contribution in [0.15, 0.2) is 41.4 Å². The van der Waals surface area contributed by atoms with Crippen LogP contribution in [0, 0.1) is 0 Å². The van der Waals surface area contributed by atoms with Crippen molar-refractivity contribution in [3.8, 4) is 0 Å². The van der Waals surface area contributed by atoms with E-state index in [0.717, 1.165) is 52.0 Å². The Morgan fingerprint density at radius 2 is 1.67 bits per heavy atom. The average molecular weight is 428 g/mol. The minimum atomic E-state index is -0.264. The summed E-state index contributed by atoms with van der Waals surface area (Å²) in [7, 11) is 8.28. The molecule has 2 aliphatic rings. The molecule has 1 fully saturated rings. The SMILES string of the molecule is CN(C)c1ccc(N(C)C)c2c1NC(=NCc1cccc(Cl)c1)C1(CCOCC1)N2. The maximum atomic E-state index is 6.18. The fourth-order valence-electron chi connectivity index (χ4n) is 4.19. The van der Waals surface area contributed by atoms with Crippen molar-refractivity contribution in [1.82, 2.24) is 0 Å². The second-order valence-corrected chi connectivity index (χ2v) is 8.82. The van der Waals surface area contributed by atoms with Crippen molar-refractivity contribution >= 4 is 40.2 Å². The Labute approximate surface area is 183 Å². The van der Waals surface area contributed by atoms with E-state index in [-0.39, 0.29) is 5.54 Å². The van der Waals surface area contributed by atoms with Gasteiger partial charge in [0.15, 0.2) is 0 Å². The molecule has 0 aromatic heterocycles. The van der Waals surface area contributed by atoms with Gasteiger partial charge in [-0.25, -0.2) is 0 Å². The van der Waals surface area contributed by atoms with E-state index >= 15 is 0 Å². The van der Waals surface area contributed by atoms with Crippen LogP contribution in [0.5, 0.6) is 0 Å². The Balaban J connectivity index is 1.79. The summed E-state index contributed by atoms with van der Waals surface area (Å²) in [6, 6.07) is 12.2. The lowest BCUT2D eigenvalue weighted by Gasteiger charge is -2.45. The molecular weight excluding hydrogens is 398 g/mol. The highest BCUT2D eigenvalue weighted by atomic mass is 35.5. The van der Waals surface area contributed by atoms with Crippen molar-refractivity contribution in [3.05, 3.63) is 47.0 Å². The van der Waals surface area contributed by atoms with Gasteiger partial charge in [0.25, 0.3) is 0 Å². The second-order valence-electron chi connectivity index (χ2n) is 8.38. The van der Waals surface area contributed by atoms with Crippen molar-refractivity contribution in [2.24, 2.45) is 4.99 Å². The smallest absolute Gasteiger partial charge is 0.127 e. The Kier molecular flexibility index (Phi) is 5.80. The number of nitrogens with one attached hydrogen (secondary N) is 2. The van der Waals surface area contributed by atoms with Gasteiger partial charge in [-0.2, -0.15) is 0 Å². The summed E-state index contributed by atoms with van der Waals surface area (Å²) < 4.78 is 5.69. The maximum absolute atomic E-state index is 6.18. The maximum Gasteiger partial charge on any atom is 0.127 e. The molecular formula is C23H30ClN5O. The minimum Gasteiger partial charge on any atom is -0.381 e. The first-order valence-electron chi connectivity index (χ1n) is 10.3. The molecule has 6 nitrogen and oxygen atoms in total. The molecule has 0 unspecified atom stereocenters. The molecule has 30 heavy (non-hydrogen) atoms. The van der Waals surface area contributed by atoms with Gasteiger partial charge in [0.05, 0.1) is 34.8 Å². The number of aliphatic imine (C=N–C) groups is 1. The fraction of sp³-hybridized carbons (Fsp3) is 0.435. The molecule has 2 heterocycles. The Morgan fingerprint density at radius 3 is 2.30 bits per heavy atom. The fourth-order valence-corrected chi connectivity index (χ4v) is 4.41. The van der Waals surface area contributed by atoms with Crippen LogP contribution >= 0.6 is 11.6 Å². The molecule has 160 valence electrons. The average Bonchev–Trinajstić information content (AvgIpc) is 2.72. The van der Waals surface area contributed by atoms with Gasteiger partial charge in [-0.3, -0.25) is 4.99 Å². The Morgan fingerprint density at radius 1 is 1.00 bits per heavy atom. The molecule has 0 bridgehead atoms. The number of amidine groups is 1. The van der Waals surface area contributed by atoms with Crippen LogP contribution in [-0.4, -0.2) is 52.8 Å². The van der Waals surface area contributed by atoms with E-state index in [1.54, 1.807) is 0 Å². The van der Waals surface area contributed by atoms with Crippen LogP contribution in [0.3, 0.4) is 0 Å². The van der Waals surface area contributed by atoms with Gasteiger partial charge < -0.3 is 25.2 Å². The monoisotopic (exact) mass is 427 g/mol. The second kappa shape index (κ2) is 8.36. The summed E-state index contributed by atoms with van der Waals surface area (Å²) in [5.41, 5.74) is 5.30. The third kappa shape index (κ3) is 3.94. The van der Waals surface area contributed by atoms with E-state index < -0.39 is 0 Å². The molecule has 1 spiro atoms. The number of benzene rings is 2. The molecule has 4 rings (SSSR count). The highest BCUT2D eigenvalue weighted by Gasteiger charge is 2.43. The standard InChI is InChI=1S/C23H30ClN5O/c1-28(2)18-8-9-19(29(3)4)21-20(18)26-22(23(27-21)10-12-30-13-11-23)25-15-16-6-5-7-17(24)14-16/h5-9,14,27H,10-13,15H2,1-4H3,(H,25,26). The molecule has 2 aromatic rings. The molecule has 2 aromatic carbocycles. The number of nitrogens with zero attached hydrogens (tertiary/aromatic N) is 3. The van der Waals surface area contributed by atoms with Crippen LogP contribution < -0.4 is 20.4 Å². The lowest BCUT2D eigenvalue weighted by molar-refractivity contribution is 0.0778. The molecule has 7 heteroatoms. The van der Waals surface area contributed by atoms with Gasteiger partial charge in [-0.1, -0.05) is 23.7 Å². The quantitative estimate of drug-likeness (QED) is 0.754. The predicted octanol–water partition coefficient (Wildman–Crippen LogP) is 4.46. The largest absolute Gasteiger partial charge is 0.381 e.